The predicted octanol–water partition coefficient (Wildman–Crippen LogP) is 2.38. The van der Waals surface area contributed by atoms with Crippen molar-refractivity contribution in [1.82, 2.24) is 15.3 Å². The zero-order valence-corrected chi connectivity index (χ0v) is 11.9. The van der Waals surface area contributed by atoms with Crippen molar-refractivity contribution in [3.63, 3.8) is 0 Å². The summed E-state index contributed by atoms with van der Waals surface area (Å²) in [6, 6.07) is 3.66. The van der Waals surface area contributed by atoms with Crippen LogP contribution in [0.4, 0.5) is 5.69 Å². The highest BCUT2D eigenvalue weighted by Gasteiger charge is 2.11. The first-order chi connectivity index (χ1) is 9.10. The number of carbonyl (C=O) groups is 1. The maximum atomic E-state index is 11.5. The summed E-state index contributed by atoms with van der Waals surface area (Å²) in [5.74, 6) is -0.193. The Morgan fingerprint density at radius 2 is 2.21 bits per heavy atom. The molecule has 2 aromatic heterocycles. The van der Waals surface area contributed by atoms with Gasteiger partial charge in [0.25, 0.3) is 5.91 Å². The minimum atomic E-state index is -0.193. The minimum Gasteiger partial charge on any atom is -0.376 e. The average molecular weight is 276 g/mol. The van der Waals surface area contributed by atoms with Crippen molar-refractivity contribution in [2.45, 2.75) is 19.9 Å². The van der Waals surface area contributed by atoms with Crippen molar-refractivity contribution in [3.05, 3.63) is 40.1 Å². The molecule has 0 aliphatic heterocycles. The number of carbonyl (C=O) groups excluding carboxylic acids is 1. The molecule has 0 radical (unpaired) electrons. The number of pyridine rings is 1. The van der Waals surface area contributed by atoms with Gasteiger partial charge in [-0.3, -0.25) is 9.78 Å². The molecule has 2 heterocycles. The zero-order valence-electron chi connectivity index (χ0n) is 11.1. The van der Waals surface area contributed by atoms with Gasteiger partial charge in [-0.1, -0.05) is 0 Å². The van der Waals surface area contributed by atoms with Crippen LogP contribution in [-0.2, 0) is 0 Å². The molecule has 0 fully saturated rings. The number of amides is 1. The van der Waals surface area contributed by atoms with Crippen molar-refractivity contribution >= 4 is 22.9 Å². The summed E-state index contributed by atoms with van der Waals surface area (Å²) in [5, 5.41) is 6.90. The van der Waals surface area contributed by atoms with E-state index in [4.69, 9.17) is 0 Å². The lowest BCUT2D eigenvalue weighted by molar-refractivity contribution is 0.0958. The number of anilines is 1. The molecule has 0 aliphatic rings. The van der Waals surface area contributed by atoms with E-state index in [1.54, 1.807) is 30.6 Å². The fourth-order valence-corrected chi connectivity index (χ4v) is 2.43. The molecule has 0 saturated heterocycles. The lowest BCUT2D eigenvalue weighted by Crippen LogP contribution is -2.19. The number of rotatable bonds is 4. The van der Waals surface area contributed by atoms with E-state index in [1.807, 2.05) is 26.1 Å². The van der Waals surface area contributed by atoms with Gasteiger partial charge in [-0.2, -0.15) is 0 Å². The highest BCUT2D eigenvalue weighted by molar-refractivity contribution is 7.11. The first-order valence-corrected chi connectivity index (χ1v) is 6.79. The van der Waals surface area contributed by atoms with Crippen LogP contribution in [-0.4, -0.2) is 22.9 Å². The van der Waals surface area contributed by atoms with Crippen molar-refractivity contribution in [2.75, 3.05) is 12.4 Å². The highest BCUT2D eigenvalue weighted by Crippen LogP contribution is 2.23. The van der Waals surface area contributed by atoms with Crippen LogP contribution in [0.25, 0.3) is 0 Å². The number of aromatic nitrogens is 2. The van der Waals surface area contributed by atoms with Crippen LogP contribution < -0.4 is 10.6 Å². The Bertz CT molecular complexity index is 582. The molecule has 100 valence electrons. The van der Waals surface area contributed by atoms with Gasteiger partial charge in [0.15, 0.2) is 0 Å². The van der Waals surface area contributed by atoms with Crippen LogP contribution in [0.15, 0.2) is 24.5 Å². The molecule has 0 aromatic carbocycles. The summed E-state index contributed by atoms with van der Waals surface area (Å²) in [6.07, 6.45) is 3.48. The zero-order chi connectivity index (χ0) is 13.8. The molecule has 2 aromatic rings. The monoisotopic (exact) mass is 276 g/mol. The first-order valence-electron chi connectivity index (χ1n) is 5.97. The molecule has 2 N–H and O–H groups in total. The molecule has 1 atom stereocenters. The SMILES string of the molecule is CNC(=O)c1cc(NC(C)c2ncc(C)s2)ccn1. The molecule has 0 bridgehead atoms. The van der Waals surface area contributed by atoms with E-state index in [0.29, 0.717) is 5.69 Å². The number of thiazole rings is 1. The number of hydrogen-bond acceptors (Lipinski definition) is 5. The Morgan fingerprint density at radius 1 is 1.42 bits per heavy atom. The van der Waals surface area contributed by atoms with Crippen molar-refractivity contribution < 1.29 is 4.79 Å². The van der Waals surface area contributed by atoms with E-state index < -0.39 is 0 Å². The third kappa shape index (κ3) is 3.29. The lowest BCUT2D eigenvalue weighted by Gasteiger charge is -2.13. The van der Waals surface area contributed by atoms with E-state index in [-0.39, 0.29) is 11.9 Å². The summed E-state index contributed by atoms with van der Waals surface area (Å²) in [7, 11) is 1.59. The van der Waals surface area contributed by atoms with Gasteiger partial charge in [0.1, 0.15) is 10.7 Å². The molecule has 19 heavy (non-hydrogen) atoms. The number of hydrogen-bond donors (Lipinski definition) is 2. The summed E-state index contributed by atoms with van der Waals surface area (Å²) in [4.78, 5) is 21.1. The molecule has 1 amide bonds. The number of nitrogens with zero attached hydrogens (tertiary/aromatic N) is 2. The smallest absolute Gasteiger partial charge is 0.269 e. The van der Waals surface area contributed by atoms with Gasteiger partial charge in [0.05, 0.1) is 6.04 Å². The Hall–Kier alpha value is -1.95. The maximum absolute atomic E-state index is 11.5. The fraction of sp³-hybridized carbons (Fsp3) is 0.308. The van der Waals surface area contributed by atoms with Crippen molar-refractivity contribution in [2.24, 2.45) is 0 Å². The fourth-order valence-electron chi connectivity index (χ4n) is 1.66. The van der Waals surface area contributed by atoms with Crippen LogP contribution >= 0.6 is 11.3 Å². The van der Waals surface area contributed by atoms with Crippen molar-refractivity contribution in [1.29, 1.82) is 0 Å². The van der Waals surface area contributed by atoms with Gasteiger partial charge in [-0.25, -0.2) is 4.98 Å². The minimum absolute atomic E-state index is 0.0960. The van der Waals surface area contributed by atoms with Crippen LogP contribution in [0.1, 0.15) is 33.3 Å². The van der Waals surface area contributed by atoms with Gasteiger partial charge < -0.3 is 10.6 Å². The topological polar surface area (TPSA) is 66.9 Å². The Kier molecular flexibility index (Phi) is 4.11. The molecule has 0 aliphatic carbocycles. The van der Waals surface area contributed by atoms with Crippen LogP contribution in [0, 0.1) is 6.92 Å². The second kappa shape index (κ2) is 5.79. The van der Waals surface area contributed by atoms with Gasteiger partial charge in [-0.15, -0.1) is 11.3 Å². The summed E-state index contributed by atoms with van der Waals surface area (Å²) < 4.78 is 0. The van der Waals surface area contributed by atoms with E-state index in [2.05, 4.69) is 20.6 Å². The van der Waals surface area contributed by atoms with Gasteiger partial charge in [0, 0.05) is 30.0 Å². The highest BCUT2D eigenvalue weighted by atomic mass is 32.1. The summed E-state index contributed by atoms with van der Waals surface area (Å²) >= 11 is 1.66. The van der Waals surface area contributed by atoms with Gasteiger partial charge >= 0.3 is 0 Å². The molecule has 6 heteroatoms. The molecular weight excluding hydrogens is 260 g/mol. The van der Waals surface area contributed by atoms with E-state index in [9.17, 15) is 4.79 Å². The average Bonchev–Trinajstić information content (AvgIpc) is 2.85. The third-order valence-electron chi connectivity index (χ3n) is 2.61. The second-order valence-electron chi connectivity index (χ2n) is 4.18. The van der Waals surface area contributed by atoms with Crippen LogP contribution in [0.2, 0.25) is 0 Å². The summed E-state index contributed by atoms with van der Waals surface area (Å²) in [5.41, 5.74) is 1.25. The molecule has 1 unspecified atom stereocenters. The maximum Gasteiger partial charge on any atom is 0.269 e. The Morgan fingerprint density at radius 3 is 2.84 bits per heavy atom. The van der Waals surface area contributed by atoms with E-state index >= 15 is 0 Å². The van der Waals surface area contributed by atoms with E-state index in [1.165, 1.54) is 4.88 Å². The second-order valence-corrected chi connectivity index (χ2v) is 5.45. The number of aryl methyl sites for hydroxylation is 1. The molecule has 0 saturated carbocycles. The predicted molar refractivity (Wildman–Crippen MR) is 76.5 cm³/mol. The van der Waals surface area contributed by atoms with Gasteiger partial charge in [-0.05, 0) is 26.0 Å². The third-order valence-corrected chi connectivity index (χ3v) is 3.71. The molecule has 2 rings (SSSR count). The Labute approximate surface area is 116 Å². The first kappa shape index (κ1) is 13.5. The molecule has 5 nitrogen and oxygen atoms in total. The Balaban J connectivity index is 2.12. The lowest BCUT2D eigenvalue weighted by atomic mass is 10.2. The quantitative estimate of drug-likeness (QED) is 0.899. The standard InChI is InChI=1S/C13H16N4OS/c1-8-7-16-13(19-8)9(2)17-10-4-5-15-11(6-10)12(18)14-3/h4-7,9H,1-3H3,(H,14,18)(H,15,17). The molecular formula is C13H16N4OS. The summed E-state index contributed by atoms with van der Waals surface area (Å²) in [6.45, 7) is 4.07. The van der Waals surface area contributed by atoms with Crippen LogP contribution in [0.5, 0.6) is 0 Å². The van der Waals surface area contributed by atoms with E-state index in [0.717, 1.165) is 10.7 Å². The van der Waals surface area contributed by atoms with Crippen molar-refractivity contribution in [3.8, 4) is 0 Å². The number of nitrogens with one attached hydrogen (secondary N) is 2. The van der Waals surface area contributed by atoms with Gasteiger partial charge in [0.2, 0.25) is 0 Å². The van der Waals surface area contributed by atoms with Crippen LogP contribution in [0.3, 0.4) is 0 Å². The largest absolute Gasteiger partial charge is 0.376 e. The molecule has 0 spiro atoms. The normalized spacial score (nSPS) is 11.9.